The van der Waals surface area contributed by atoms with E-state index in [0.717, 1.165) is 29.8 Å². The minimum atomic E-state index is -0.496. The van der Waals surface area contributed by atoms with Crippen LogP contribution in [0.4, 0.5) is 4.79 Å². The van der Waals surface area contributed by atoms with E-state index in [4.69, 9.17) is 4.74 Å². The number of allylic oxidation sites excluding steroid dienone is 1. The summed E-state index contributed by atoms with van der Waals surface area (Å²) in [6.45, 7) is 7.90. The quantitative estimate of drug-likeness (QED) is 0.712. The summed E-state index contributed by atoms with van der Waals surface area (Å²) >= 11 is 0. The van der Waals surface area contributed by atoms with E-state index < -0.39 is 11.7 Å². The molecule has 0 atom stereocenters. The maximum Gasteiger partial charge on any atom is 0.407 e. The topological polar surface area (TPSA) is 77.6 Å². The summed E-state index contributed by atoms with van der Waals surface area (Å²) in [6, 6.07) is 5.54. The number of unbranched alkanes of at least 4 members (excludes halogenated alkanes) is 1. The zero-order chi connectivity index (χ0) is 18.9. The normalized spacial score (nSPS) is 12.5. The number of aromatic nitrogens is 3. The summed E-state index contributed by atoms with van der Waals surface area (Å²) in [4.78, 5) is 28.6. The molecule has 1 amide bonds. The Morgan fingerprint density at radius 1 is 1.35 bits per heavy atom. The highest BCUT2D eigenvalue weighted by atomic mass is 16.6. The first-order valence-electron chi connectivity index (χ1n) is 8.73. The summed E-state index contributed by atoms with van der Waals surface area (Å²) in [5, 5.41) is 2.72. The Bertz CT molecular complexity index is 1010. The number of pyridine rings is 1. The highest BCUT2D eigenvalue weighted by Gasteiger charge is 2.16. The van der Waals surface area contributed by atoms with Crippen LogP contribution < -0.4 is 10.9 Å². The zero-order valence-electron chi connectivity index (χ0n) is 15.6. The first-order valence-corrected chi connectivity index (χ1v) is 8.73. The highest BCUT2D eigenvalue weighted by Crippen LogP contribution is 2.18. The molecule has 3 aromatic rings. The number of nitrogens with zero attached hydrogens (tertiary/aromatic N) is 3. The molecule has 1 N–H and O–H groups in total. The second kappa shape index (κ2) is 6.82. The minimum Gasteiger partial charge on any atom is -0.444 e. The molecule has 7 heteroatoms. The van der Waals surface area contributed by atoms with Gasteiger partial charge in [-0.05, 0) is 52.7 Å². The smallest absolute Gasteiger partial charge is 0.407 e. The molecular weight excluding hydrogens is 332 g/mol. The van der Waals surface area contributed by atoms with E-state index in [1.807, 2.05) is 50.3 Å². The van der Waals surface area contributed by atoms with Crippen molar-refractivity contribution in [3.63, 3.8) is 0 Å². The van der Waals surface area contributed by atoms with E-state index in [9.17, 15) is 9.59 Å². The van der Waals surface area contributed by atoms with Gasteiger partial charge in [0.1, 0.15) is 22.4 Å². The summed E-state index contributed by atoms with van der Waals surface area (Å²) < 4.78 is 8.69. The fourth-order valence-corrected chi connectivity index (χ4v) is 2.90. The van der Waals surface area contributed by atoms with Gasteiger partial charge in [0.15, 0.2) is 0 Å². The van der Waals surface area contributed by atoms with Crippen LogP contribution in [0.25, 0.3) is 23.0 Å². The van der Waals surface area contributed by atoms with Gasteiger partial charge in [-0.25, -0.2) is 9.78 Å². The molecule has 0 unspecified atom stereocenters. The summed E-state index contributed by atoms with van der Waals surface area (Å²) in [7, 11) is 0. The molecule has 26 heavy (non-hydrogen) atoms. The van der Waals surface area contributed by atoms with E-state index in [1.54, 1.807) is 16.8 Å². The number of amides is 1. The summed E-state index contributed by atoms with van der Waals surface area (Å²) in [5.41, 5.74) is 2.46. The summed E-state index contributed by atoms with van der Waals surface area (Å²) in [6.07, 6.45) is 4.79. The first-order chi connectivity index (χ1) is 12.3. The lowest BCUT2D eigenvalue weighted by atomic mass is 10.2. The SMILES string of the molecule is Cc1nc2cccc3c(=O)n(C=CCCCNC(=O)OC(C)(C)C)c1n23. The van der Waals surface area contributed by atoms with E-state index in [-0.39, 0.29) is 5.56 Å². The number of hydrogen-bond acceptors (Lipinski definition) is 4. The Balaban J connectivity index is 1.62. The number of rotatable bonds is 5. The van der Waals surface area contributed by atoms with Gasteiger partial charge in [-0.15, -0.1) is 0 Å². The molecule has 0 saturated heterocycles. The van der Waals surface area contributed by atoms with Crippen LogP contribution in [0.15, 0.2) is 29.1 Å². The molecule has 0 aliphatic heterocycles. The predicted octanol–water partition coefficient (Wildman–Crippen LogP) is 3.17. The number of alkyl carbamates (subject to hydrolysis) is 1. The molecular formula is C19H24N4O3. The molecule has 0 aromatic carbocycles. The van der Waals surface area contributed by atoms with Crippen LogP contribution in [0.1, 0.15) is 39.3 Å². The fraction of sp³-hybridized carbons (Fsp3) is 0.421. The molecule has 7 nitrogen and oxygen atoms in total. The van der Waals surface area contributed by atoms with Gasteiger partial charge in [0.2, 0.25) is 0 Å². The van der Waals surface area contributed by atoms with Crippen LogP contribution in [0.5, 0.6) is 0 Å². The van der Waals surface area contributed by atoms with Gasteiger partial charge in [-0.1, -0.05) is 12.1 Å². The lowest BCUT2D eigenvalue weighted by Gasteiger charge is -2.19. The molecule has 0 spiro atoms. The number of nitrogens with one attached hydrogen (secondary N) is 1. The van der Waals surface area contributed by atoms with Crippen LogP contribution in [-0.4, -0.2) is 32.2 Å². The van der Waals surface area contributed by atoms with Crippen molar-refractivity contribution in [2.75, 3.05) is 6.54 Å². The molecule has 3 rings (SSSR count). The van der Waals surface area contributed by atoms with Crippen LogP contribution in [0, 0.1) is 6.92 Å². The lowest BCUT2D eigenvalue weighted by molar-refractivity contribution is 0.0527. The van der Waals surface area contributed by atoms with Crippen LogP contribution in [0.3, 0.4) is 0 Å². The van der Waals surface area contributed by atoms with Gasteiger partial charge in [0, 0.05) is 12.7 Å². The monoisotopic (exact) mass is 356 g/mol. The van der Waals surface area contributed by atoms with Gasteiger partial charge in [-0.3, -0.25) is 13.8 Å². The Labute approximate surface area is 151 Å². The van der Waals surface area contributed by atoms with Gasteiger partial charge < -0.3 is 10.1 Å². The third kappa shape index (κ3) is 3.56. The molecule has 0 bridgehead atoms. The number of carbonyl (C=O) groups is 1. The van der Waals surface area contributed by atoms with Crippen molar-refractivity contribution in [1.82, 2.24) is 19.3 Å². The number of imidazole rings is 2. The van der Waals surface area contributed by atoms with Crippen molar-refractivity contribution < 1.29 is 9.53 Å². The van der Waals surface area contributed by atoms with Gasteiger partial charge in [0.05, 0.1) is 5.69 Å². The third-order valence-corrected chi connectivity index (χ3v) is 3.92. The van der Waals surface area contributed by atoms with E-state index >= 15 is 0 Å². The highest BCUT2D eigenvalue weighted by molar-refractivity contribution is 5.71. The van der Waals surface area contributed by atoms with Crippen LogP contribution in [0.2, 0.25) is 0 Å². The second-order valence-corrected chi connectivity index (χ2v) is 7.26. The molecule has 0 aliphatic rings. The van der Waals surface area contributed by atoms with Crippen molar-refractivity contribution in [3.05, 3.63) is 40.3 Å². The van der Waals surface area contributed by atoms with E-state index in [1.165, 1.54) is 0 Å². The maximum atomic E-state index is 12.6. The molecule has 0 saturated carbocycles. The van der Waals surface area contributed by atoms with E-state index in [2.05, 4.69) is 10.3 Å². The van der Waals surface area contributed by atoms with Crippen LogP contribution >= 0.6 is 0 Å². The van der Waals surface area contributed by atoms with Crippen molar-refractivity contribution >= 4 is 29.1 Å². The molecule has 138 valence electrons. The average Bonchev–Trinajstić information content (AvgIpc) is 3.02. The minimum absolute atomic E-state index is 0.0563. The largest absolute Gasteiger partial charge is 0.444 e. The first kappa shape index (κ1) is 18.0. The van der Waals surface area contributed by atoms with Gasteiger partial charge in [-0.2, -0.15) is 0 Å². The summed E-state index contributed by atoms with van der Waals surface area (Å²) in [5.74, 6) is 0. The van der Waals surface area contributed by atoms with Crippen LogP contribution in [-0.2, 0) is 4.74 Å². The Hall–Kier alpha value is -2.83. The standard InChI is InChI=1S/C19H24N4O3/c1-13-16-22(17(24)14-9-8-10-15(21-13)23(14)16)12-7-5-6-11-20-18(25)26-19(2,3)4/h7-10,12H,5-6,11H2,1-4H3,(H,20,25). The lowest BCUT2D eigenvalue weighted by Crippen LogP contribution is -2.32. The number of hydrogen-bond donors (Lipinski definition) is 1. The third-order valence-electron chi connectivity index (χ3n) is 3.92. The Kier molecular flexibility index (Phi) is 4.71. The Morgan fingerprint density at radius 2 is 2.12 bits per heavy atom. The number of aryl methyl sites for hydroxylation is 1. The fourth-order valence-electron chi connectivity index (χ4n) is 2.90. The molecule has 3 aromatic heterocycles. The second-order valence-electron chi connectivity index (χ2n) is 7.26. The number of ether oxygens (including phenoxy) is 1. The van der Waals surface area contributed by atoms with Crippen molar-refractivity contribution in [1.29, 1.82) is 0 Å². The molecule has 0 fully saturated rings. The zero-order valence-corrected chi connectivity index (χ0v) is 15.6. The Morgan fingerprint density at radius 3 is 2.85 bits per heavy atom. The van der Waals surface area contributed by atoms with Gasteiger partial charge in [0.25, 0.3) is 5.56 Å². The van der Waals surface area contributed by atoms with E-state index in [0.29, 0.717) is 12.1 Å². The van der Waals surface area contributed by atoms with Gasteiger partial charge >= 0.3 is 6.09 Å². The molecule has 0 radical (unpaired) electrons. The molecule has 3 heterocycles. The average molecular weight is 356 g/mol. The molecule has 0 aliphatic carbocycles. The van der Waals surface area contributed by atoms with Crippen molar-refractivity contribution in [2.24, 2.45) is 0 Å². The predicted molar refractivity (Wildman–Crippen MR) is 102 cm³/mol. The van der Waals surface area contributed by atoms with Crippen molar-refractivity contribution in [3.8, 4) is 0 Å². The maximum absolute atomic E-state index is 12.6. The number of carbonyl (C=O) groups excluding carboxylic acids is 1. The van der Waals surface area contributed by atoms with Crippen molar-refractivity contribution in [2.45, 2.75) is 46.1 Å².